The molecule has 0 spiro atoms. The van der Waals surface area contributed by atoms with Crippen LogP contribution in [0.5, 0.6) is 0 Å². The highest BCUT2D eigenvalue weighted by Crippen LogP contribution is 2.37. The van der Waals surface area contributed by atoms with Crippen LogP contribution in [0.2, 0.25) is 0 Å². The Morgan fingerprint density at radius 3 is 2.94 bits per heavy atom. The van der Waals surface area contributed by atoms with Gasteiger partial charge in [0.05, 0.1) is 0 Å². The molecule has 1 aliphatic heterocycles. The van der Waals surface area contributed by atoms with E-state index < -0.39 is 0 Å². The summed E-state index contributed by atoms with van der Waals surface area (Å²) in [6, 6.07) is 0. The topological polar surface area (TPSA) is 41.1 Å². The lowest BCUT2D eigenvalue weighted by Gasteiger charge is -2.34. The number of hydrogen-bond acceptors (Lipinski definition) is 2. The van der Waals surface area contributed by atoms with E-state index in [9.17, 15) is 4.79 Å². The van der Waals surface area contributed by atoms with Gasteiger partial charge >= 0.3 is 0 Å². The van der Waals surface area contributed by atoms with Crippen molar-refractivity contribution >= 4 is 5.91 Å². The molecule has 3 heteroatoms. The van der Waals surface area contributed by atoms with Crippen LogP contribution < -0.4 is 10.6 Å². The molecule has 3 nitrogen and oxygen atoms in total. The van der Waals surface area contributed by atoms with Crippen molar-refractivity contribution in [3.05, 3.63) is 0 Å². The Morgan fingerprint density at radius 2 is 2.19 bits per heavy atom. The van der Waals surface area contributed by atoms with E-state index >= 15 is 0 Å². The molecule has 1 amide bonds. The van der Waals surface area contributed by atoms with Gasteiger partial charge in [0.25, 0.3) is 0 Å². The Labute approximate surface area is 97.4 Å². The summed E-state index contributed by atoms with van der Waals surface area (Å²) in [5.41, 5.74) is 0.252. The van der Waals surface area contributed by atoms with Gasteiger partial charge in [-0.25, -0.2) is 0 Å². The van der Waals surface area contributed by atoms with Crippen LogP contribution >= 0.6 is 0 Å². The van der Waals surface area contributed by atoms with Crippen LogP contribution in [-0.4, -0.2) is 24.5 Å². The van der Waals surface area contributed by atoms with Crippen LogP contribution in [0.1, 0.15) is 44.9 Å². The molecule has 2 saturated carbocycles. The molecule has 0 aromatic rings. The summed E-state index contributed by atoms with van der Waals surface area (Å²) in [7, 11) is 0. The normalized spacial score (nSPS) is 38.1. The Morgan fingerprint density at radius 1 is 1.31 bits per heavy atom. The van der Waals surface area contributed by atoms with E-state index in [2.05, 4.69) is 10.6 Å². The van der Waals surface area contributed by atoms with E-state index in [1.165, 1.54) is 38.6 Å². The average molecular weight is 222 g/mol. The number of nitrogens with one attached hydrogen (secondary N) is 2. The summed E-state index contributed by atoms with van der Waals surface area (Å²) in [6.45, 7) is 2.03. The number of fused-ring (bicyclic) bond motifs is 2. The molecule has 3 fully saturated rings. The van der Waals surface area contributed by atoms with Crippen LogP contribution in [0.4, 0.5) is 0 Å². The fourth-order valence-electron chi connectivity index (χ4n) is 3.48. The van der Waals surface area contributed by atoms with Crippen LogP contribution in [0.3, 0.4) is 0 Å². The van der Waals surface area contributed by atoms with E-state index in [-0.39, 0.29) is 5.54 Å². The quantitative estimate of drug-likeness (QED) is 0.758. The lowest BCUT2D eigenvalue weighted by molar-refractivity contribution is -0.127. The third-order valence-electron chi connectivity index (χ3n) is 4.79. The number of rotatable bonds is 3. The van der Waals surface area contributed by atoms with Crippen molar-refractivity contribution in [1.82, 2.24) is 10.6 Å². The maximum Gasteiger partial charge on any atom is 0.223 e. The second kappa shape index (κ2) is 4.02. The Balaban J connectivity index is 1.52. The monoisotopic (exact) mass is 222 g/mol. The van der Waals surface area contributed by atoms with Crippen LogP contribution in [0.25, 0.3) is 0 Å². The fraction of sp³-hybridized carbons (Fsp3) is 0.923. The zero-order chi connectivity index (χ0) is 11.0. The van der Waals surface area contributed by atoms with Gasteiger partial charge in [-0.1, -0.05) is 12.8 Å². The first-order valence-corrected chi connectivity index (χ1v) is 6.80. The Kier molecular flexibility index (Phi) is 2.66. The second-order valence-electron chi connectivity index (χ2n) is 5.97. The van der Waals surface area contributed by atoms with Gasteiger partial charge in [-0.05, 0) is 44.6 Å². The highest BCUT2D eigenvalue weighted by molar-refractivity contribution is 5.79. The van der Waals surface area contributed by atoms with Crippen molar-refractivity contribution in [2.45, 2.75) is 50.5 Å². The van der Waals surface area contributed by atoms with Crippen LogP contribution in [-0.2, 0) is 4.79 Å². The van der Waals surface area contributed by atoms with E-state index in [1.807, 2.05) is 0 Å². The Hall–Kier alpha value is -0.570. The summed E-state index contributed by atoms with van der Waals surface area (Å²) in [5, 5.41) is 6.82. The summed E-state index contributed by atoms with van der Waals surface area (Å²) >= 11 is 0. The summed E-state index contributed by atoms with van der Waals surface area (Å²) in [6.07, 6.45) is 8.68. The molecule has 3 rings (SSSR count). The van der Waals surface area contributed by atoms with Gasteiger partial charge < -0.3 is 10.6 Å². The zero-order valence-electron chi connectivity index (χ0n) is 9.93. The van der Waals surface area contributed by atoms with Crippen LogP contribution in [0.15, 0.2) is 0 Å². The summed E-state index contributed by atoms with van der Waals surface area (Å²) in [4.78, 5) is 11.8. The molecule has 3 aliphatic rings. The van der Waals surface area contributed by atoms with Gasteiger partial charge in [0.1, 0.15) is 0 Å². The molecule has 0 radical (unpaired) electrons. The lowest BCUT2D eigenvalue weighted by Crippen LogP contribution is -2.51. The van der Waals surface area contributed by atoms with Crippen LogP contribution in [0, 0.1) is 11.8 Å². The molecule has 1 saturated heterocycles. The molecule has 2 aliphatic carbocycles. The minimum absolute atomic E-state index is 0.252. The number of hydrogen-bond donors (Lipinski definition) is 2. The van der Waals surface area contributed by atoms with Gasteiger partial charge in [0, 0.05) is 18.0 Å². The van der Waals surface area contributed by atoms with Crippen molar-refractivity contribution in [3.63, 3.8) is 0 Å². The van der Waals surface area contributed by atoms with Gasteiger partial charge in [0.2, 0.25) is 5.91 Å². The number of carbonyl (C=O) groups excluding carboxylic acids is 1. The summed E-state index contributed by atoms with van der Waals surface area (Å²) < 4.78 is 0. The average Bonchev–Trinajstić information content (AvgIpc) is 2.50. The van der Waals surface area contributed by atoms with Crippen molar-refractivity contribution in [2.75, 3.05) is 13.1 Å². The first-order valence-electron chi connectivity index (χ1n) is 6.80. The molecule has 90 valence electrons. The van der Waals surface area contributed by atoms with Gasteiger partial charge in [-0.15, -0.1) is 0 Å². The van der Waals surface area contributed by atoms with Gasteiger partial charge in [0.15, 0.2) is 0 Å². The third kappa shape index (κ3) is 1.86. The van der Waals surface area contributed by atoms with Gasteiger partial charge in [-0.3, -0.25) is 4.79 Å². The molecule has 2 atom stereocenters. The highest BCUT2D eigenvalue weighted by Gasteiger charge is 2.42. The molecule has 0 aromatic carbocycles. The highest BCUT2D eigenvalue weighted by atomic mass is 16.1. The van der Waals surface area contributed by atoms with E-state index in [0.29, 0.717) is 11.8 Å². The molecule has 2 bridgehead atoms. The SMILES string of the molecule is O=C(NCC12CCCC(CN1)C2)C1CCC1. The second-order valence-corrected chi connectivity index (χ2v) is 5.97. The predicted octanol–water partition coefficient (Wildman–Crippen LogP) is 1.43. The fourth-order valence-corrected chi connectivity index (χ4v) is 3.48. The first kappa shape index (κ1) is 10.6. The molecular weight excluding hydrogens is 200 g/mol. The molecule has 16 heavy (non-hydrogen) atoms. The molecule has 1 heterocycles. The molecule has 0 aromatic heterocycles. The van der Waals surface area contributed by atoms with E-state index in [1.54, 1.807) is 0 Å². The van der Waals surface area contributed by atoms with Gasteiger partial charge in [-0.2, -0.15) is 0 Å². The molecule has 2 unspecified atom stereocenters. The zero-order valence-corrected chi connectivity index (χ0v) is 9.93. The van der Waals surface area contributed by atoms with Crippen molar-refractivity contribution < 1.29 is 4.79 Å². The first-order chi connectivity index (χ1) is 7.77. The van der Waals surface area contributed by atoms with Crippen molar-refractivity contribution in [1.29, 1.82) is 0 Å². The number of amides is 1. The van der Waals surface area contributed by atoms with Crippen molar-refractivity contribution in [2.24, 2.45) is 11.8 Å². The lowest BCUT2D eigenvalue weighted by atomic mass is 9.79. The maximum absolute atomic E-state index is 11.8. The number of carbonyl (C=O) groups is 1. The predicted molar refractivity (Wildman–Crippen MR) is 63.0 cm³/mol. The van der Waals surface area contributed by atoms with E-state index in [4.69, 9.17) is 0 Å². The van der Waals surface area contributed by atoms with Crippen molar-refractivity contribution in [3.8, 4) is 0 Å². The molecule has 2 N–H and O–H groups in total. The standard InChI is InChI=1S/C13H22N2O/c16-12(11-4-1-5-11)14-9-13-6-2-3-10(7-13)8-15-13/h10-11,15H,1-9H2,(H,14,16). The third-order valence-corrected chi connectivity index (χ3v) is 4.79. The summed E-state index contributed by atoms with van der Waals surface area (Å²) in [5.74, 6) is 1.50. The minimum Gasteiger partial charge on any atom is -0.354 e. The van der Waals surface area contributed by atoms with E-state index in [0.717, 1.165) is 25.3 Å². The smallest absolute Gasteiger partial charge is 0.223 e. The maximum atomic E-state index is 11.8. The largest absolute Gasteiger partial charge is 0.354 e. The minimum atomic E-state index is 0.252. The molecular formula is C13H22N2O. The Bertz CT molecular complexity index is 284.